The summed E-state index contributed by atoms with van der Waals surface area (Å²) in [5, 5.41) is 5.37. The normalized spacial score (nSPS) is 15.2. The number of hydrogen-bond acceptors (Lipinski definition) is 8. The van der Waals surface area contributed by atoms with Gasteiger partial charge in [0.1, 0.15) is 17.2 Å². The van der Waals surface area contributed by atoms with Crippen LogP contribution in [-0.2, 0) is 21.1 Å². The topological polar surface area (TPSA) is 90.0 Å². The number of rotatable bonds is 10. The Morgan fingerprint density at radius 2 is 1.74 bits per heavy atom. The zero-order valence-electron chi connectivity index (χ0n) is 19.8. The maximum Gasteiger partial charge on any atom is 0.231 e. The number of carbonyl (C=O) groups is 2. The number of aromatic nitrogens is 1. The van der Waals surface area contributed by atoms with Crippen LogP contribution in [0.3, 0.4) is 0 Å². The van der Waals surface area contributed by atoms with E-state index in [1.807, 2.05) is 35.7 Å². The Bertz CT molecular complexity index is 1160. The Morgan fingerprint density at radius 1 is 1.06 bits per heavy atom. The number of amides is 2. The number of ether oxygens (including phenoxy) is 3. The lowest BCUT2D eigenvalue weighted by atomic mass is 10.1. The molecular formula is C25H27N3O5S2. The smallest absolute Gasteiger partial charge is 0.231 e. The molecule has 1 saturated heterocycles. The van der Waals surface area contributed by atoms with Gasteiger partial charge in [-0.25, -0.2) is 4.98 Å². The van der Waals surface area contributed by atoms with Gasteiger partial charge in [-0.3, -0.25) is 9.59 Å². The molecule has 1 fully saturated rings. The van der Waals surface area contributed by atoms with Crippen molar-refractivity contribution in [3.8, 4) is 17.2 Å². The van der Waals surface area contributed by atoms with E-state index in [-0.39, 0.29) is 18.2 Å². The monoisotopic (exact) mass is 513 g/mol. The predicted molar refractivity (Wildman–Crippen MR) is 139 cm³/mol. The maximum atomic E-state index is 12.8. The molecule has 1 N–H and O–H groups in total. The summed E-state index contributed by atoms with van der Waals surface area (Å²) in [7, 11) is 4.86. The van der Waals surface area contributed by atoms with Crippen LogP contribution < -0.4 is 24.4 Å². The molecule has 0 spiro atoms. The average molecular weight is 514 g/mol. The van der Waals surface area contributed by atoms with Crippen LogP contribution in [0.4, 0.5) is 10.8 Å². The van der Waals surface area contributed by atoms with E-state index >= 15 is 0 Å². The summed E-state index contributed by atoms with van der Waals surface area (Å²) >= 11 is 3.10. The van der Waals surface area contributed by atoms with Crippen molar-refractivity contribution in [2.24, 2.45) is 5.92 Å². The second-order valence-electron chi connectivity index (χ2n) is 7.95. The van der Waals surface area contributed by atoms with Gasteiger partial charge in [0.25, 0.3) is 0 Å². The third kappa shape index (κ3) is 6.26. The van der Waals surface area contributed by atoms with Gasteiger partial charge in [0.05, 0.1) is 32.9 Å². The molecule has 2 heterocycles. The van der Waals surface area contributed by atoms with Crippen molar-refractivity contribution in [2.75, 3.05) is 38.1 Å². The van der Waals surface area contributed by atoms with Gasteiger partial charge in [0.2, 0.25) is 11.8 Å². The van der Waals surface area contributed by atoms with Gasteiger partial charge in [-0.1, -0.05) is 0 Å². The molecule has 184 valence electrons. The number of benzene rings is 2. The average Bonchev–Trinajstić information content (AvgIpc) is 3.50. The van der Waals surface area contributed by atoms with E-state index < -0.39 is 5.92 Å². The molecule has 1 aromatic heterocycles. The van der Waals surface area contributed by atoms with Crippen molar-refractivity contribution in [1.29, 1.82) is 0 Å². The number of methoxy groups -OCH3 is 3. The van der Waals surface area contributed by atoms with Crippen molar-refractivity contribution in [3.05, 3.63) is 59.1 Å². The molecule has 1 aliphatic rings. The van der Waals surface area contributed by atoms with E-state index in [4.69, 9.17) is 14.2 Å². The zero-order chi connectivity index (χ0) is 24.8. The zero-order valence-corrected chi connectivity index (χ0v) is 21.4. The summed E-state index contributed by atoms with van der Waals surface area (Å²) in [6.45, 7) is 0.342. The SMILES string of the molecule is COc1ccc(N2CC(C(=O)Nc3nc(CSCc4cc(OC)cc(OC)c4)cs3)CC2=O)cc1. The highest BCUT2D eigenvalue weighted by Crippen LogP contribution is 2.29. The molecule has 0 bridgehead atoms. The van der Waals surface area contributed by atoms with E-state index in [1.165, 1.54) is 11.3 Å². The molecule has 35 heavy (non-hydrogen) atoms. The van der Waals surface area contributed by atoms with Crippen LogP contribution in [0.15, 0.2) is 47.8 Å². The van der Waals surface area contributed by atoms with E-state index in [9.17, 15) is 9.59 Å². The highest BCUT2D eigenvalue weighted by Gasteiger charge is 2.35. The molecule has 10 heteroatoms. The number of carbonyl (C=O) groups excluding carboxylic acids is 2. The Morgan fingerprint density at radius 3 is 2.40 bits per heavy atom. The fourth-order valence-corrected chi connectivity index (χ4v) is 5.44. The molecule has 2 aromatic carbocycles. The lowest BCUT2D eigenvalue weighted by Crippen LogP contribution is -2.28. The van der Waals surface area contributed by atoms with Crippen LogP contribution >= 0.6 is 23.1 Å². The molecular weight excluding hydrogens is 486 g/mol. The summed E-state index contributed by atoms with van der Waals surface area (Å²) in [4.78, 5) is 31.5. The van der Waals surface area contributed by atoms with Crippen molar-refractivity contribution in [3.63, 3.8) is 0 Å². The molecule has 3 aromatic rings. The van der Waals surface area contributed by atoms with Crippen LogP contribution in [0.1, 0.15) is 17.7 Å². The third-order valence-electron chi connectivity index (χ3n) is 5.59. The van der Waals surface area contributed by atoms with Crippen molar-refractivity contribution >= 4 is 45.7 Å². The minimum absolute atomic E-state index is 0.0688. The summed E-state index contributed by atoms with van der Waals surface area (Å²) < 4.78 is 15.8. The van der Waals surface area contributed by atoms with E-state index in [0.29, 0.717) is 17.4 Å². The van der Waals surface area contributed by atoms with E-state index in [1.54, 1.807) is 50.1 Å². The number of thioether (sulfide) groups is 1. The lowest BCUT2D eigenvalue weighted by molar-refractivity contribution is -0.122. The largest absolute Gasteiger partial charge is 0.497 e. The van der Waals surface area contributed by atoms with E-state index in [0.717, 1.165) is 39.9 Å². The fraction of sp³-hybridized carbons (Fsp3) is 0.320. The van der Waals surface area contributed by atoms with Gasteiger partial charge >= 0.3 is 0 Å². The third-order valence-corrected chi connectivity index (χ3v) is 7.44. The van der Waals surface area contributed by atoms with Crippen LogP contribution in [0.25, 0.3) is 0 Å². The van der Waals surface area contributed by atoms with Gasteiger partial charge < -0.3 is 24.4 Å². The minimum Gasteiger partial charge on any atom is -0.497 e. The molecule has 1 aliphatic heterocycles. The summed E-state index contributed by atoms with van der Waals surface area (Å²) in [5.41, 5.74) is 2.75. The van der Waals surface area contributed by atoms with Gasteiger partial charge in [-0.15, -0.1) is 11.3 Å². The standard InChI is InChI=1S/C25H27N3O5S2/c1-31-20-6-4-19(5-7-20)28-12-17(10-23(28)29)24(30)27-25-26-18(15-35-25)14-34-13-16-8-21(32-2)11-22(9-16)33-3/h4-9,11,15,17H,10,12-14H2,1-3H3,(H,26,27,30). The van der Waals surface area contributed by atoms with Crippen LogP contribution in [0, 0.1) is 5.92 Å². The van der Waals surface area contributed by atoms with Gasteiger partial charge in [-0.05, 0) is 42.0 Å². The van der Waals surface area contributed by atoms with Crippen molar-refractivity contribution in [2.45, 2.75) is 17.9 Å². The summed E-state index contributed by atoms with van der Waals surface area (Å²) in [6, 6.07) is 13.1. The number of nitrogens with zero attached hydrogens (tertiary/aromatic N) is 2. The first kappa shape index (κ1) is 24.9. The van der Waals surface area contributed by atoms with Gasteiger partial charge in [0, 0.05) is 41.6 Å². The van der Waals surface area contributed by atoms with Crippen LogP contribution in [0.5, 0.6) is 17.2 Å². The van der Waals surface area contributed by atoms with Crippen LogP contribution in [0.2, 0.25) is 0 Å². The molecule has 0 aliphatic carbocycles. The minimum atomic E-state index is -0.422. The number of anilines is 2. The highest BCUT2D eigenvalue weighted by molar-refractivity contribution is 7.97. The molecule has 1 unspecified atom stereocenters. The number of hydrogen-bond donors (Lipinski definition) is 1. The first-order valence-corrected chi connectivity index (χ1v) is 13.0. The second kappa shape index (κ2) is 11.5. The van der Waals surface area contributed by atoms with E-state index in [2.05, 4.69) is 10.3 Å². The first-order valence-electron chi connectivity index (χ1n) is 11.0. The summed E-state index contributed by atoms with van der Waals surface area (Å²) in [6.07, 6.45) is 0.177. The van der Waals surface area contributed by atoms with Crippen molar-refractivity contribution in [1.82, 2.24) is 4.98 Å². The maximum absolute atomic E-state index is 12.8. The highest BCUT2D eigenvalue weighted by atomic mass is 32.2. The fourth-order valence-electron chi connectivity index (χ4n) is 3.76. The Labute approximate surface area is 212 Å². The lowest BCUT2D eigenvalue weighted by Gasteiger charge is -2.16. The molecule has 0 saturated carbocycles. The van der Waals surface area contributed by atoms with Gasteiger partial charge in [0.15, 0.2) is 5.13 Å². The molecule has 2 amide bonds. The molecule has 0 radical (unpaired) electrons. The quantitative estimate of drug-likeness (QED) is 0.424. The summed E-state index contributed by atoms with van der Waals surface area (Å²) in [5.74, 6) is 3.04. The molecule has 8 nitrogen and oxygen atoms in total. The Balaban J connectivity index is 1.28. The number of thiazole rings is 1. The Hall–Kier alpha value is -3.24. The molecule has 1 atom stereocenters. The second-order valence-corrected chi connectivity index (χ2v) is 9.79. The Kier molecular flexibility index (Phi) is 8.14. The number of nitrogens with one attached hydrogen (secondary N) is 1. The van der Waals surface area contributed by atoms with Crippen LogP contribution in [-0.4, -0.2) is 44.7 Å². The predicted octanol–water partition coefficient (Wildman–Crippen LogP) is 4.59. The first-order chi connectivity index (χ1) is 17.0. The molecule has 4 rings (SSSR count). The van der Waals surface area contributed by atoms with Gasteiger partial charge in [-0.2, -0.15) is 11.8 Å². The van der Waals surface area contributed by atoms with Crippen molar-refractivity contribution < 1.29 is 23.8 Å².